The van der Waals surface area contributed by atoms with Crippen molar-refractivity contribution >= 4 is 5.91 Å². The highest BCUT2D eigenvalue weighted by Crippen LogP contribution is 2.22. The van der Waals surface area contributed by atoms with E-state index in [9.17, 15) is 4.79 Å². The highest BCUT2D eigenvalue weighted by Gasteiger charge is 2.17. The molecule has 2 rings (SSSR count). The average Bonchev–Trinajstić information content (AvgIpc) is 2.79. The summed E-state index contributed by atoms with van der Waals surface area (Å²) in [5, 5.41) is 0. The summed E-state index contributed by atoms with van der Waals surface area (Å²) in [5.41, 5.74) is 3.85. The van der Waals surface area contributed by atoms with Gasteiger partial charge in [0.15, 0.2) is 0 Å². The van der Waals surface area contributed by atoms with Crippen LogP contribution < -0.4 is 0 Å². The van der Waals surface area contributed by atoms with Crippen molar-refractivity contribution < 1.29 is 4.79 Å². The van der Waals surface area contributed by atoms with E-state index >= 15 is 0 Å². The van der Waals surface area contributed by atoms with E-state index in [2.05, 4.69) is 11.1 Å². The second-order valence-corrected chi connectivity index (χ2v) is 4.39. The zero-order valence-corrected chi connectivity index (χ0v) is 10.2. The molecule has 1 N–H and O–H groups in total. The number of aryl methyl sites for hydroxylation is 2. The molecule has 0 saturated heterocycles. The SMILES string of the molecule is CCN(CC)C(=O)Cc1cc2c([nH]1)CCC2. The van der Waals surface area contributed by atoms with Gasteiger partial charge in [-0.2, -0.15) is 0 Å². The molecular formula is C13H20N2O. The lowest BCUT2D eigenvalue weighted by molar-refractivity contribution is -0.130. The van der Waals surface area contributed by atoms with Crippen LogP contribution >= 0.6 is 0 Å². The summed E-state index contributed by atoms with van der Waals surface area (Å²) < 4.78 is 0. The minimum atomic E-state index is 0.227. The van der Waals surface area contributed by atoms with E-state index in [4.69, 9.17) is 0 Å². The van der Waals surface area contributed by atoms with E-state index in [1.807, 2.05) is 18.7 Å². The molecule has 0 fully saturated rings. The van der Waals surface area contributed by atoms with E-state index < -0.39 is 0 Å². The van der Waals surface area contributed by atoms with Crippen LogP contribution in [0.1, 0.15) is 37.2 Å². The molecule has 0 spiro atoms. The minimum Gasteiger partial charge on any atom is -0.362 e. The van der Waals surface area contributed by atoms with Gasteiger partial charge in [-0.15, -0.1) is 0 Å². The summed E-state index contributed by atoms with van der Waals surface area (Å²) in [6.45, 7) is 5.65. The number of rotatable bonds is 4. The van der Waals surface area contributed by atoms with Crippen molar-refractivity contribution in [3.05, 3.63) is 23.0 Å². The molecule has 0 unspecified atom stereocenters. The number of amides is 1. The molecule has 3 nitrogen and oxygen atoms in total. The maximum absolute atomic E-state index is 11.9. The smallest absolute Gasteiger partial charge is 0.228 e. The van der Waals surface area contributed by atoms with E-state index in [0.29, 0.717) is 6.42 Å². The lowest BCUT2D eigenvalue weighted by atomic mass is 10.2. The third-order valence-corrected chi connectivity index (χ3v) is 3.38. The quantitative estimate of drug-likeness (QED) is 0.826. The van der Waals surface area contributed by atoms with Gasteiger partial charge in [-0.1, -0.05) is 0 Å². The second kappa shape index (κ2) is 4.73. The van der Waals surface area contributed by atoms with Crippen molar-refractivity contribution in [3.8, 4) is 0 Å². The summed E-state index contributed by atoms with van der Waals surface area (Å²) >= 11 is 0. The largest absolute Gasteiger partial charge is 0.362 e. The van der Waals surface area contributed by atoms with Crippen molar-refractivity contribution in [1.29, 1.82) is 0 Å². The topological polar surface area (TPSA) is 36.1 Å². The highest BCUT2D eigenvalue weighted by atomic mass is 16.2. The lowest BCUT2D eigenvalue weighted by Gasteiger charge is -2.17. The number of nitrogens with one attached hydrogen (secondary N) is 1. The zero-order chi connectivity index (χ0) is 11.5. The van der Waals surface area contributed by atoms with E-state index in [1.165, 1.54) is 24.1 Å². The van der Waals surface area contributed by atoms with Gasteiger partial charge in [0.25, 0.3) is 0 Å². The molecule has 0 aliphatic heterocycles. The van der Waals surface area contributed by atoms with Crippen LogP contribution in [0.4, 0.5) is 0 Å². The Hall–Kier alpha value is -1.25. The molecule has 3 heteroatoms. The molecule has 16 heavy (non-hydrogen) atoms. The molecule has 1 amide bonds. The third-order valence-electron chi connectivity index (χ3n) is 3.38. The number of H-pyrrole nitrogens is 1. The summed E-state index contributed by atoms with van der Waals surface area (Å²) in [5.74, 6) is 0.227. The Morgan fingerprint density at radius 1 is 1.38 bits per heavy atom. The Labute approximate surface area is 96.8 Å². The number of fused-ring (bicyclic) bond motifs is 1. The Morgan fingerprint density at radius 2 is 2.12 bits per heavy atom. The van der Waals surface area contributed by atoms with Crippen LogP contribution in [0.25, 0.3) is 0 Å². The van der Waals surface area contributed by atoms with Crippen molar-refractivity contribution in [2.24, 2.45) is 0 Å². The summed E-state index contributed by atoms with van der Waals surface area (Å²) in [7, 11) is 0. The first kappa shape index (κ1) is 11.2. The molecule has 1 aromatic heterocycles. The number of nitrogens with zero attached hydrogens (tertiary/aromatic N) is 1. The van der Waals surface area contributed by atoms with Gasteiger partial charge in [-0.25, -0.2) is 0 Å². The van der Waals surface area contributed by atoms with E-state index in [1.54, 1.807) is 0 Å². The van der Waals surface area contributed by atoms with Gasteiger partial charge >= 0.3 is 0 Å². The van der Waals surface area contributed by atoms with Gasteiger partial charge in [0.1, 0.15) is 0 Å². The monoisotopic (exact) mass is 220 g/mol. The standard InChI is InChI=1S/C13H20N2O/c1-3-15(4-2)13(16)9-11-8-10-6-5-7-12(10)14-11/h8,14H,3-7,9H2,1-2H3. The number of carbonyl (C=O) groups is 1. The van der Waals surface area contributed by atoms with Crippen LogP contribution in [0.2, 0.25) is 0 Å². The molecule has 1 aliphatic rings. The molecule has 1 heterocycles. The minimum absolute atomic E-state index is 0.227. The first-order valence-electron chi connectivity index (χ1n) is 6.22. The van der Waals surface area contributed by atoms with E-state index in [0.717, 1.165) is 25.2 Å². The van der Waals surface area contributed by atoms with Crippen molar-refractivity contribution in [1.82, 2.24) is 9.88 Å². The fourth-order valence-corrected chi connectivity index (χ4v) is 2.46. The lowest BCUT2D eigenvalue weighted by Crippen LogP contribution is -2.31. The van der Waals surface area contributed by atoms with Gasteiger partial charge in [0, 0.05) is 24.5 Å². The molecule has 1 aliphatic carbocycles. The van der Waals surface area contributed by atoms with Crippen LogP contribution in [0.5, 0.6) is 0 Å². The molecule has 0 aromatic carbocycles. The highest BCUT2D eigenvalue weighted by molar-refractivity contribution is 5.78. The molecular weight excluding hydrogens is 200 g/mol. The molecule has 0 bridgehead atoms. The summed E-state index contributed by atoms with van der Waals surface area (Å²) in [6.07, 6.45) is 4.10. The van der Waals surface area contributed by atoms with Gasteiger partial charge in [-0.05, 0) is 44.7 Å². The number of aromatic amines is 1. The maximum atomic E-state index is 11.9. The molecule has 88 valence electrons. The number of carbonyl (C=O) groups excluding carboxylic acids is 1. The van der Waals surface area contributed by atoms with Gasteiger partial charge in [0.05, 0.1) is 6.42 Å². The first-order chi connectivity index (χ1) is 7.74. The van der Waals surface area contributed by atoms with Crippen LogP contribution in [-0.2, 0) is 24.1 Å². The predicted octanol–water partition coefficient (Wildman–Crippen LogP) is 1.91. The number of aromatic nitrogens is 1. The summed E-state index contributed by atoms with van der Waals surface area (Å²) in [6, 6.07) is 2.17. The average molecular weight is 220 g/mol. The molecule has 0 radical (unpaired) electrons. The van der Waals surface area contributed by atoms with Crippen molar-refractivity contribution in [3.63, 3.8) is 0 Å². The van der Waals surface area contributed by atoms with Crippen molar-refractivity contribution in [2.45, 2.75) is 39.5 Å². The van der Waals surface area contributed by atoms with Crippen LogP contribution in [0.3, 0.4) is 0 Å². The predicted molar refractivity (Wildman–Crippen MR) is 64.4 cm³/mol. The molecule has 0 atom stereocenters. The van der Waals surface area contributed by atoms with Gasteiger partial charge in [-0.3, -0.25) is 4.79 Å². The Balaban J connectivity index is 2.01. The second-order valence-electron chi connectivity index (χ2n) is 4.39. The Morgan fingerprint density at radius 3 is 2.75 bits per heavy atom. The molecule has 0 saturated carbocycles. The van der Waals surface area contributed by atoms with Gasteiger partial charge in [0.2, 0.25) is 5.91 Å². The van der Waals surface area contributed by atoms with Crippen LogP contribution in [0.15, 0.2) is 6.07 Å². The summed E-state index contributed by atoms with van der Waals surface area (Å²) in [4.78, 5) is 17.2. The molecule has 1 aromatic rings. The van der Waals surface area contributed by atoms with Crippen LogP contribution in [-0.4, -0.2) is 28.9 Å². The maximum Gasteiger partial charge on any atom is 0.228 e. The van der Waals surface area contributed by atoms with Crippen molar-refractivity contribution in [2.75, 3.05) is 13.1 Å². The number of hydrogen-bond acceptors (Lipinski definition) is 1. The first-order valence-corrected chi connectivity index (χ1v) is 6.22. The Bertz CT molecular complexity index is 356. The van der Waals surface area contributed by atoms with Crippen LogP contribution in [0, 0.1) is 0 Å². The zero-order valence-electron chi connectivity index (χ0n) is 10.2. The Kier molecular flexibility index (Phi) is 3.32. The van der Waals surface area contributed by atoms with E-state index in [-0.39, 0.29) is 5.91 Å². The number of likely N-dealkylation sites (N-methyl/N-ethyl adjacent to an activating group) is 1. The third kappa shape index (κ3) is 2.13. The number of hydrogen-bond donors (Lipinski definition) is 1. The fraction of sp³-hybridized carbons (Fsp3) is 0.615. The normalized spacial score (nSPS) is 13.9. The fourth-order valence-electron chi connectivity index (χ4n) is 2.46. The van der Waals surface area contributed by atoms with Gasteiger partial charge < -0.3 is 9.88 Å².